The second-order valence-corrected chi connectivity index (χ2v) is 6.18. The maximum Gasteiger partial charge on any atom is 0.332 e. The summed E-state index contributed by atoms with van der Waals surface area (Å²) < 4.78 is 5.61. The fourth-order valence-corrected chi connectivity index (χ4v) is 3.44. The summed E-state index contributed by atoms with van der Waals surface area (Å²) in [6.07, 6.45) is -0.748. The summed E-state index contributed by atoms with van der Waals surface area (Å²) in [5, 5.41) is 20.4. The van der Waals surface area contributed by atoms with Gasteiger partial charge in [0.25, 0.3) is 0 Å². The maximum absolute atomic E-state index is 12.3. The summed E-state index contributed by atoms with van der Waals surface area (Å²) in [5.41, 5.74) is 4.86. The minimum atomic E-state index is -1.47. The fourth-order valence-electron chi connectivity index (χ4n) is 3.44. The van der Waals surface area contributed by atoms with E-state index >= 15 is 0 Å². The third kappa shape index (κ3) is 2.01. The molecule has 0 radical (unpaired) electrons. The highest BCUT2D eigenvalue weighted by Crippen LogP contribution is 2.58. The van der Waals surface area contributed by atoms with Crippen molar-refractivity contribution in [2.24, 2.45) is 17.1 Å². The predicted molar refractivity (Wildman–Crippen MR) is 69.8 cm³/mol. The number of ether oxygens (including phenoxy) is 1. The molecule has 1 aliphatic carbocycles. The number of carbonyl (C=O) groups is 2. The molecule has 0 spiro atoms. The first-order chi connectivity index (χ1) is 9.23. The molecule has 1 aliphatic heterocycles. The van der Waals surface area contributed by atoms with Crippen LogP contribution in [0, 0.1) is 11.3 Å². The molecule has 2 rings (SSSR count). The van der Waals surface area contributed by atoms with Gasteiger partial charge in [0.15, 0.2) is 6.10 Å². The number of aliphatic carboxylic acids is 1. The molecule has 4 atom stereocenters. The van der Waals surface area contributed by atoms with E-state index in [1.165, 1.54) is 0 Å². The lowest BCUT2D eigenvalue weighted by Crippen LogP contribution is -2.80. The average molecular weight is 286 g/mol. The highest BCUT2D eigenvalue weighted by molar-refractivity contribution is 5.89. The van der Waals surface area contributed by atoms with Crippen LogP contribution in [0.3, 0.4) is 0 Å². The van der Waals surface area contributed by atoms with Crippen molar-refractivity contribution in [3.8, 4) is 0 Å². The summed E-state index contributed by atoms with van der Waals surface area (Å²) in [4.78, 5) is 22.8. The standard InChI is InChI=1S/C13H22N2O5/c1-12(2)9-7(4-6-20-9)13(12,14)11(19)15-5-3-8(16)10(17)18/h7-9,16H,3-6,14H2,1-2H3,(H,15,19)(H,17,18)/t7?,8-,9?,13?/m0/s1. The van der Waals surface area contributed by atoms with Crippen molar-refractivity contribution in [3.05, 3.63) is 0 Å². The average Bonchev–Trinajstić information content (AvgIpc) is 2.85. The molecule has 2 fully saturated rings. The number of nitrogens with two attached hydrogens (primary N) is 1. The summed E-state index contributed by atoms with van der Waals surface area (Å²) in [6.45, 7) is 4.51. The maximum atomic E-state index is 12.3. The Labute approximate surface area is 117 Å². The van der Waals surface area contributed by atoms with Crippen LogP contribution in [-0.2, 0) is 14.3 Å². The quantitative estimate of drug-likeness (QED) is 0.518. The van der Waals surface area contributed by atoms with Crippen LogP contribution in [0.4, 0.5) is 0 Å². The van der Waals surface area contributed by atoms with Crippen molar-refractivity contribution >= 4 is 11.9 Å². The molecule has 5 N–H and O–H groups in total. The molecule has 2 aliphatic rings. The van der Waals surface area contributed by atoms with Crippen LogP contribution in [0.1, 0.15) is 26.7 Å². The molecule has 7 heteroatoms. The van der Waals surface area contributed by atoms with Gasteiger partial charge in [-0.25, -0.2) is 4.79 Å². The van der Waals surface area contributed by atoms with Crippen LogP contribution >= 0.6 is 0 Å². The van der Waals surface area contributed by atoms with E-state index in [1.54, 1.807) is 0 Å². The molecule has 1 heterocycles. The first kappa shape index (κ1) is 15.2. The fraction of sp³-hybridized carbons (Fsp3) is 0.846. The number of carboxylic acids is 1. The van der Waals surface area contributed by atoms with Crippen LogP contribution in [0.15, 0.2) is 0 Å². The van der Waals surface area contributed by atoms with Crippen LogP contribution in [0.5, 0.6) is 0 Å². The minimum Gasteiger partial charge on any atom is -0.479 e. The summed E-state index contributed by atoms with van der Waals surface area (Å²) in [5.74, 6) is -1.59. The van der Waals surface area contributed by atoms with E-state index in [2.05, 4.69) is 5.32 Å². The monoisotopic (exact) mass is 286 g/mol. The first-order valence-corrected chi connectivity index (χ1v) is 6.82. The topological polar surface area (TPSA) is 122 Å². The highest BCUT2D eigenvalue weighted by atomic mass is 16.5. The molecule has 3 unspecified atom stereocenters. The molecular formula is C13H22N2O5. The smallest absolute Gasteiger partial charge is 0.332 e. The number of aliphatic hydroxyl groups excluding tert-OH is 1. The molecule has 1 saturated carbocycles. The summed E-state index contributed by atoms with van der Waals surface area (Å²) in [7, 11) is 0. The normalized spacial score (nSPS) is 35.8. The van der Waals surface area contributed by atoms with Crippen molar-refractivity contribution in [2.75, 3.05) is 13.2 Å². The van der Waals surface area contributed by atoms with Crippen LogP contribution in [0.2, 0.25) is 0 Å². The van der Waals surface area contributed by atoms with E-state index < -0.39 is 23.0 Å². The lowest BCUT2D eigenvalue weighted by molar-refractivity contribution is -0.175. The molecule has 7 nitrogen and oxygen atoms in total. The molecule has 20 heavy (non-hydrogen) atoms. The van der Waals surface area contributed by atoms with E-state index in [9.17, 15) is 9.59 Å². The Bertz CT molecular complexity index is 425. The molecule has 0 bridgehead atoms. The van der Waals surface area contributed by atoms with E-state index in [-0.39, 0.29) is 30.9 Å². The van der Waals surface area contributed by atoms with Gasteiger partial charge in [-0.2, -0.15) is 0 Å². The molecular weight excluding hydrogens is 264 g/mol. The number of hydrogen-bond acceptors (Lipinski definition) is 5. The van der Waals surface area contributed by atoms with Gasteiger partial charge in [-0.15, -0.1) is 0 Å². The first-order valence-electron chi connectivity index (χ1n) is 6.82. The van der Waals surface area contributed by atoms with Gasteiger partial charge in [0, 0.05) is 30.9 Å². The van der Waals surface area contributed by atoms with Crippen LogP contribution in [-0.4, -0.2) is 53.0 Å². The van der Waals surface area contributed by atoms with Gasteiger partial charge >= 0.3 is 5.97 Å². The number of carbonyl (C=O) groups excluding carboxylic acids is 1. The van der Waals surface area contributed by atoms with E-state index in [0.29, 0.717) is 6.61 Å². The van der Waals surface area contributed by atoms with Gasteiger partial charge in [-0.05, 0) is 6.42 Å². The number of fused-ring (bicyclic) bond motifs is 1. The van der Waals surface area contributed by atoms with Crippen molar-refractivity contribution < 1.29 is 24.5 Å². The van der Waals surface area contributed by atoms with Crippen molar-refractivity contribution in [1.82, 2.24) is 5.32 Å². The zero-order valence-electron chi connectivity index (χ0n) is 11.8. The molecule has 1 amide bonds. The van der Waals surface area contributed by atoms with Gasteiger partial charge in [0.2, 0.25) is 5.91 Å². The number of amides is 1. The molecule has 0 aromatic rings. The van der Waals surface area contributed by atoms with E-state index in [1.807, 2.05) is 13.8 Å². The predicted octanol–water partition coefficient (Wildman–Crippen LogP) is -0.919. The third-order valence-corrected chi connectivity index (χ3v) is 4.82. The Kier molecular flexibility index (Phi) is 3.79. The Morgan fingerprint density at radius 2 is 2.15 bits per heavy atom. The largest absolute Gasteiger partial charge is 0.479 e. The second kappa shape index (κ2) is 4.98. The molecule has 0 aromatic heterocycles. The Hall–Kier alpha value is -1.18. The van der Waals surface area contributed by atoms with Gasteiger partial charge < -0.3 is 26.0 Å². The second-order valence-electron chi connectivity index (χ2n) is 6.18. The third-order valence-electron chi connectivity index (χ3n) is 4.82. The molecule has 1 saturated heterocycles. The van der Waals surface area contributed by atoms with Crippen LogP contribution in [0.25, 0.3) is 0 Å². The zero-order valence-corrected chi connectivity index (χ0v) is 11.8. The van der Waals surface area contributed by atoms with Crippen molar-refractivity contribution in [1.29, 1.82) is 0 Å². The molecule has 0 aromatic carbocycles. The van der Waals surface area contributed by atoms with Crippen molar-refractivity contribution in [2.45, 2.75) is 44.4 Å². The van der Waals surface area contributed by atoms with Gasteiger partial charge in [0.1, 0.15) is 5.54 Å². The SMILES string of the molecule is CC1(C)C2OCCC2C1(N)C(=O)NCC[C@H](O)C(=O)O. The Morgan fingerprint density at radius 3 is 2.75 bits per heavy atom. The highest BCUT2D eigenvalue weighted by Gasteiger charge is 2.71. The van der Waals surface area contributed by atoms with E-state index in [0.717, 1.165) is 6.42 Å². The van der Waals surface area contributed by atoms with Gasteiger partial charge in [0.05, 0.1) is 6.10 Å². The number of hydrogen-bond donors (Lipinski definition) is 4. The summed E-state index contributed by atoms with van der Waals surface area (Å²) in [6, 6.07) is 0. The number of nitrogens with one attached hydrogen (secondary N) is 1. The van der Waals surface area contributed by atoms with E-state index in [4.69, 9.17) is 20.7 Å². The number of aliphatic hydroxyl groups is 1. The van der Waals surface area contributed by atoms with Gasteiger partial charge in [-0.3, -0.25) is 4.79 Å². The molecule has 114 valence electrons. The lowest BCUT2D eigenvalue weighted by atomic mass is 9.48. The van der Waals surface area contributed by atoms with Crippen molar-refractivity contribution in [3.63, 3.8) is 0 Å². The Morgan fingerprint density at radius 1 is 1.50 bits per heavy atom. The minimum absolute atomic E-state index is 0.00176. The summed E-state index contributed by atoms with van der Waals surface area (Å²) >= 11 is 0. The number of carboxylic acid groups (broad SMARTS) is 1. The van der Waals surface area contributed by atoms with Crippen LogP contribution < -0.4 is 11.1 Å². The van der Waals surface area contributed by atoms with Gasteiger partial charge in [-0.1, -0.05) is 13.8 Å². The lowest BCUT2D eigenvalue weighted by Gasteiger charge is -2.60. The number of rotatable bonds is 5. The Balaban J connectivity index is 1.93. The zero-order chi connectivity index (χ0) is 15.1.